The highest BCUT2D eigenvalue weighted by Crippen LogP contribution is 2.34. The molecule has 1 fully saturated rings. The number of hydrogen-bond acceptors (Lipinski definition) is 4. The smallest absolute Gasteiger partial charge is 0.262 e. The zero-order valence-corrected chi connectivity index (χ0v) is 18.9. The van der Waals surface area contributed by atoms with Gasteiger partial charge in [-0.15, -0.1) is 0 Å². The lowest BCUT2D eigenvalue weighted by Crippen LogP contribution is -2.26. The average Bonchev–Trinajstić information content (AvgIpc) is 3.22. The summed E-state index contributed by atoms with van der Waals surface area (Å²) in [6, 6.07) is 11.5. The second-order valence-corrected chi connectivity index (χ2v) is 8.19. The van der Waals surface area contributed by atoms with Gasteiger partial charge in [-0.1, -0.05) is 30.4 Å². The van der Waals surface area contributed by atoms with Crippen molar-refractivity contribution in [2.75, 3.05) is 32.1 Å². The first-order valence-corrected chi connectivity index (χ1v) is 10.6. The normalized spacial score (nSPS) is 13.3. The molecule has 28 heavy (non-hydrogen) atoms. The van der Waals surface area contributed by atoms with Gasteiger partial charge < -0.3 is 19.7 Å². The Labute approximate surface area is 184 Å². The molecule has 0 aliphatic carbocycles. The summed E-state index contributed by atoms with van der Waals surface area (Å²) in [4.78, 5) is 15.3. The van der Waals surface area contributed by atoms with Gasteiger partial charge in [-0.25, -0.2) is 0 Å². The number of para-hydroxylation sites is 1. The predicted molar refractivity (Wildman–Crippen MR) is 124 cm³/mol. The van der Waals surface area contributed by atoms with Gasteiger partial charge in [-0.3, -0.25) is 4.79 Å². The van der Waals surface area contributed by atoms with Crippen molar-refractivity contribution in [2.45, 2.75) is 19.8 Å². The maximum atomic E-state index is 12.3. The second-order valence-electron chi connectivity index (χ2n) is 6.64. The SMILES string of the molecule is COc1cc(C(=S)N2CCCC2)cc(I)c1OCC(=O)Nc1ccccc1C. The van der Waals surface area contributed by atoms with Crippen LogP contribution in [0.2, 0.25) is 0 Å². The van der Waals surface area contributed by atoms with Crippen LogP contribution in [0.5, 0.6) is 11.5 Å². The molecular weight excluding hydrogens is 487 g/mol. The molecule has 0 aromatic heterocycles. The predicted octanol–water partition coefficient (Wildman–Crippen LogP) is 4.40. The quantitative estimate of drug-likeness (QED) is 0.462. The first kappa shape index (κ1) is 20.9. The fourth-order valence-electron chi connectivity index (χ4n) is 3.12. The lowest BCUT2D eigenvalue weighted by molar-refractivity contribution is -0.118. The lowest BCUT2D eigenvalue weighted by atomic mass is 10.2. The minimum absolute atomic E-state index is 0.101. The monoisotopic (exact) mass is 510 g/mol. The highest BCUT2D eigenvalue weighted by atomic mass is 127. The Morgan fingerprint density at radius 3 is 2.64 bits per heavy atom. The molecule has 0 radical (unpaired) electrons. The van der Waals surface area contributed by atoms with Crippen LogP contribution >= 0.6 is 34.8 Å². The van der Waals surface area contributed by atoms with Crippen LogP contribution in [0.15, 0.2) is 36.4 Å². The number of nitrogens with zero attached hydrogens (tertiary/aromatic N) is 1. The van der Waals surface area contributed by atoms with E-state index in [1.165, 1.54) is 12.8 Å². The van der Waals surface area contributed by atoms with E-state index >= 15 is 0 Å². The van der Waals surface area contributed by atoms with Crippen LogP contribution in [0.25, 0.3) is 0 Å². The standard InChI is InChI=1S/C21H23IN2O3S/c1-14-7-3-4-8-17(14)23-19(25)13-27-20-16(22)11-15(12-18(20)26-2)21(28)24-9-5-6-10-24/h3-4,7-8,11-12H,5-6,9-10,13H2,1-2H3,(H,23,25). The third kappa shape index (κ3) is 4.94. The summed E-state index contributed by atoms with van der Waals surface area (Å²) in [6.07, 6.45) is 2.34. The van der Waals surface area contributed by atoms with E-state index in [9.17, 15) is 4.79 Å². The van der Waals surface area contributed by atoms with Gasteiger partial charge in [0, 0.05) is 24.3 Å². The molecule has 0 bridgehead atoms. The second kappa shape index (κ2) is 9.56. The molecule has 1 heterocycles. The molecular formula is C21H23IN2O3S. The van der Waals surface area contributed by atoms with Crippen LogP contribution in [0, 0.1) is 10.5 Å². The Kier molecular flexibility index (Phi) is 7.12. The van der Waals surface area contributed by atoms with Gasteiger partial charge in [-0.05, 0) is 66.1 Å². The number of amides is 1. The molecule has 148 valence electrons. The first-order valence-electron chi connectivity index (χ1n) is 9.14. The molecule has 0 atom stereocenters. The van der Waals surface area contributed by atoms with Gasteiger partial charge in [0.15, 0.2) is 18.1 Å². The number of thiocarbonyl (C=S) groups is 1. The number of benzene rings is 2. The van der Waals surface area contributed by atoms with Gasteiger partial charge in [0.2, 0.25) is 0 Å². The third-order valence-electron chi connectivity index (χ3n) is 4.64. The Bertz CT molecular complexity index is 882. The molecule has 1 aliphatic rings. The Morgan fingerprint density at radius 2 is 1.96 bits per heavy atom. The zero-order chi connectivity index (χ0) is 20.1. The number of carbonyl (C=O) groups is 1. The fraction of sp³-hybridized carbons (Fsp3) is 0.333. The Morgan fingerprint density at radius 1 is 1.25 bits per heavy atom. The molecule has 0 saturated carbocycles. The van der Waals surface area contributed by atoms with Crippen molar-refractivity contribution in [3.05, 3.63) is 51.1 Å². The number of carbonyl (C=O) groups excluding carboxylic acids is 1. The summed E-state index contributed by atoms with van der Waals surface area (Å²) in [5.41, 5.74) is 2.72. The summed E-state index contributed by atoms with van der Waals surface area (Å²) in [5, 5.41) is 2.87. The van der Waals surface area contributed by atoms with Gasteiger partial charge in [-0.2, -0.15) is 0 Å². The van der Waals surface area contributed by atoms with Crippen molar-refractivity contribution >= 4 is 51.4 Å². The molecule has 1 aliphatic heterocycles. The van der Waals surface area contributed by atoms with Crippen molar-refractivity contribution in [3.63, 3.8) is 0 Å². The fourth-order valence-corrected chi connectivity index (χ4v) is 4.18. The van der Waals surface area contributed by atoms with Crippen molar-refractivity contribution in [1.29, 1.82) is 0 Å². The number of rotatable bonds is 6. The number of methoxy groups -OCH3 is 1. The van der Waals surface area contributed by atoms with E-state index < -0.39 is 0 Å². The minimum atomic E-state index is -0.219. The number of likely N-dealkylation sites (tertiary alicyclic amines) is 1. The number of ether oxygens (including phenoxy) is 2. The van der Waals surface area contributed by atoms with E-state index in [1.807, 2.05) is 43.3 Å². The zero-order valence-electron chi connectivity index (χ0n) is 16.0. The van der Waals surface area contributed by atoms with Crippen molar-refractivity contribution in [1.82, 2.24) is 4.90 Å². The van der Waals surface area contributed by atoms with E-state index in [0.717, 1.165) is 38.5 Å². The Balaban J connectivity index is 1.70. The number of halogens is 1. The van der Waals surface area contributed by atoms with E-state index in [2.05, 4.69) is 32.8 Å². The first-order chi connectivity index (χ1) is 13.5. The Hall–Kier alpha value is -1.87. The largest absolute Gasteiger partial charge is 0.493 e. The summed E-state index contributed by atoms with van der Waals surface area (Å²) in [6.45, 7) is 3.84. The number of anilines is 1. The van der Waals surface area contributed by atoms with Gasteiger partial charge in [0.1, 0.15) is 4.99 Å². The molecule has 0 spiro atoms. The molecule has 7 heteroatoms. The molecule has 1 amide bonds. The molecule has 3 rings (SSSR count). The highest BCUT2D eigenvalue weighted by Gasteiger charge is 2.20. The van der Waals surface area contributed by atoms with Gasteiger partial charge >= 0.3 is 0 Å². The van der Waals surface area contributed by atoms with Crippen LogP contribution < -0.4 is 14.8 Å². The highest BCUT2D eigenvalue weighted by molar-refractivity contribution is 14.1. The molecule has 1 N–H and O–H groups in total. The lowest BCUT2D eigenvalue weighted by Gasteiger charge is -2.20. The summed E-state index contributed by atoms with van der Waals surface area (Å²) in [7, 11) is 1.59. The minimum Gasteiger partial charge on any atom is -0.493 e. The van der Waals surface area contributed by atoms with Crippen molar-refractivity contribution in [3.8, 4) is 11.5 Å². The van der Waals surface area contributed by atoms with Gasteiger partial charge in [0.25, 0.3) is 5.91 Å². The molecule has 1 saturated heterocycles. The maximum absolute atomic E-state index is 12.3. The topological polar surface area (TPSA) is 50.8 Å². The average molecular weight is 510 g/mol. The third-order valence-corrected chi connectivity index (χ3v) is 5.93. The van der Waals surface area contributed by atoms with Crippen LogP contribution in [-0.2, 0) is 4.79 Å². The summed E-state index contributed by atoms with van der Waals surface area (Å²) >= 11 is 7.84. The molecule has 2 aromatic carbocycles. The number of nitrogens with one attached hydrogen (secondary N) is 1. The van der Waals surface area contributed by atoms with Gasteiger partial charge in [0.05, 0.1) is 10.7 Å². The maximum Gasteiger partial charge on any atom is 0.262 e. The van der Waals surface area contributed by atoms with E-state index in [0.29, 0.717) is 11.5 Å². The number of aryl methyl sites for hydroxylation is 1. The van der Waals surface area contributed by atoms with Crippen molar-refractivity contribution < 1.29 is 14.3 Å². The summed E-state index contributed by atoms with van der Waals surface area (Å²) < 4.78 is 12.2. The molecule has 0 unspecified atom stereocenters. The van der Waals surface area contributed by atoms with E-state index in [-0.39, 0.29) is 12.5 Å². The summed E-state index contributed by atoms with van der Waals surface area (Å²) in [5.74, 6) is 0.909. The van der Waals surface area contributed by atoms with Crippen molar-refractivity contribution in [2.24, 2.45) is 0 Å². The molecule has 5 nitrogen and oxygen atoms in total. The van der Waals surface area contributed by atoms with Crippen LogP contribution in [0.3, 0.4) is 0 Å². The van der Waals surface area contributed by atoms with Crippen LogP contribution in [-0.4, -0.2) is 42.6 Å². The van der Waals surface area contributed by atoms with Crippen LogP contribution in [0.4, 0.5) is 5.69 Å². The van der Waals surface area contributed by atoms with Crippen LogP contribution in [0.1, 0.15) is 24.0 Å². The molecule has 2 aromatic rings. The van der Waals surface area contributed by atoms with E-state index in [4.69, 9.17) is 21.7 Å². The number of hydrogen-bond donors (Lipinski definition) is 1. The van der Waals surface area contributed by atoms with E-state index in [1.54, 1.807) is 7.11 Å².